The van der Waals surface area contributed by atoms with Crippen molar-refractivity contribution < 1.29 is 24.5 Å². The highest BCUT2D eigenvalue weighted by molar-refractivity contribution is 7.99. The van der Waals surface area contributed by atoms with Crippen molar-refractivity contribution in [3.63, 3.8) is 0 Å². The molecule has 0 saturated heterocycles. The maximum absolute atomic E-state index is 11.7. The van der Waals surface area contributed by atoms with Crippen molar-refractivity contribution in [2.24, 2.45) is 0 Å². The number of rotatable bonds is 6. The van der Waals surface area contributed by atoms with Crippen LogP contribution in [-0.4, -0.2) is 34.6 Å². The molecule has 2 aromatic carbocycles. The monoisotopic (exact) mass is 333 g/mol. The number of aromatic hydroxyl groups is 1. The number of aromatic carboxylic acids is 1. The summed E-state index contributed by atoms with van der Waals surface area (Å²) >= 11 is 1.55. The minimum absolute atomic E-state index is 0.00869. The SMILES string of the molecule is O=C(Nc1cccc(C(=O)O)c1O)OCCSc1ccccc1. The summed E-state index contributed by atoms with van der Waals surface area (Å²) in [6.45, 7) is 0.185. The van der Waals surface area contributed by atoms with Crippen molar-refractivity contribution in [3.05, 3.63) is 54.1 Å². The Morgan fingerprint density at radius 2 is 1.83 bits per heavy atom. The topological polar surface area (TPSA) is 95.9 Å². The van der Waals surface area contributed by atoms with Gasteiger partial charge in [0.25, 0.3) is 0 Å². The van der Waals surface area contributed by atoms with E-state index in [-0.39, 0.29) is 17.9 Å². The largest absolute Gasteiger partial charge is 0.505 e. The molecule has 0 aliphatic heterocycles. The van der Waals surface area contributed by atoms with Gasteiger partial charge in [-0.3, -0.25) is 5.32 Å². The number of hydrogen-bond acceptors (Lipinski definition) is 5. The molecule has 0 atom stereocenters. The number of thioether (sulfide) groups is 1. The lowest BCUT2D eigenvalue weighted by Gasteiger charge is -2.09. The minimum Gasteiger partial charge on any atom is -0.505 e. The molecular formula is C16H15NO5S. The normalized spacial score (nSPS) is 10.1. The second-order valence-electron chi connectivity index (χ2n) is 4.43. The van der Waals surface area contributed by atoms with Crippen molar-refractivity contribution in [3.8, 4) is 5.75 Å². The maximum atomic E-state index is 11.7. The van der Waals surface area contributed by atoms with Crippen LogP contribution in [-0.2, 0) is 4.74 Å². The van der Waals surface area contributed by atoms with Gasteiger partial charge >= 0.3 is 12.1 Å². The lowest BCUT2D eigenvalue weighted by Crippen LogP contribution is -2.15. The average molecular weight is 333 g/mol. The fraction of sp³-hybridized carbons (Fsp3) is 0.125. The number of phenols is 1. The van der Waals surface area contributed by atoms with Crippen LogP contribution < -0.4 is 5.32 Å². The summed E-state index contributed by atoms with van der Waals surface area (Å²) in [7, 11) is 0. The van der Waals surface area contributed by atoms with E-state index in [9.17, 15) is 14.7 Å². The number of carbonyl (C=O) groups is 2. The lowest BCUT2D eigenvalue weighted by atomic mass is 10.2. The second-order valence-corrected chi connectivity index (χ2v) is 5.60. The predicted octanol–water partition coefficient (Wildman–Crippen LogP) is 3.43. The van der Waals surface area contributed by atoms with Gasteiger partial charge in [0.1, 0.15) is 12.2 Å². The summed E-state index contributed by atoms with van der Waals surface area (Å²) in [5.74, 6) is -1.20. The van der Waals surface area contributed by atoms with Crippen molar-refractivity contribution in [1.29, 1.82) is 0 Å². The van der Waals surface area contributed by atoms with E-state index in [1.807, 2.05) is 30.3 Å². The highest BCUT2D eigenvalue weighted by atomic mass is 32.2. The standard InChI is InChI=1S/C16H15NO5S/c18-14-12(15(19)20)7-4-8-13(14)17-16(21)22-9-10-23-11-5-2-1-3-6-11/h1-8,18H,9-10H2,(H,17,21)(H,19,20). The smallest absolute Gasteiger partial charge is 0.411 e. The number of benzene rings is 2. The van der Waals surface area contributed by atoms with Gasteiger partial charge in [0.15, 0.2) is 5.75 Å². The summed E-state index contributed by atoms with van der Waals surface area (Å²) in [4.78, 5) is 23.6. The molecule has 6 nitrogen and oxygen atoms in total. The Balaban J connectivity index is 1.81. The zero-order valence-corrected chi connectivity index (χ0v) is 12.9. The van der Waals surface area contributed by atoms with E-state index in [1.165, 1.54) is 18.2 Å². The van der Waals surface area contributed by atoms with Gasteiger partial charge in [-0.1, -0.05) is 24.3 Å². The van der Waals surface area contributed by atoms with Gasteiger partial charge in [-0.15, -0.1) is 11.8 Å². The number of ether oxygens (including phenoxy) is 1. The van der Waals surface area contributed by atoms with Crippen LogP contribution in [0.15, 0.2) is 53.4 Å². The molecule has 0 aliphatic rings. The van der Waals surface area contributed by atoms with Crippen molar-refractivity contribution in [1.82, 2.24) is 0 Å². The number of carboxylic acid groups (broad SMARTS) is 1. The van der Waals surface area contributed by atoms with E-state index in [0.717, 1.165) is 4.90 Å². The number of amides is 1. The van der Waals surface area contributed by atoms with Crippen LogP contribution in [0.25, 0.3) is 0 Å². The first kappa shape index (κ1) is 16.7. The lowest BCUT2D eigenvalue weighted by molar-refractivity contribution is 0.0693. The third-order valence-electron chi connectivity index (χ3n) is 2.83. The predicted molar refractivity (Wildman–Crippen MR) is 87.2 cm³/mol. The Labute approximate surface area is 137 Å². The van der Waals surface area contributed by atoms with Gasteiger partial charge < -0.3 is 14.9 Å². The highest BCUT2D eigenvalue weighted by Gasteiger charge is 2.14. The van der Waals surface area contributed by atoms with Gasteiger partial charge in [-0.25, -0.2) is 9.59 Å². The van der Waals surface area contributed by atoms with Crippen molar-refractivity contribution in [2.75, 3.05) is 17.7 Å². The molecular weight excluding hydrogens is 318 g/mol. The molecule has 0 radical (unpaired) electrons. The van der Waals surface area contributed by atoms with E-state index in [4.69, 9.17) is 9.84 Å². The Bertz CT molecular complexity index is 690. The molecule has 23 heavy (non-hydrogen) atoms. The Kier molecular flexibility index (Phi) is 5.87. The van der Waals surface area contributed by atoms with Crippen LogP contribution in [0.3, 0.4) is 0 Å². The molecule has 0 bridgehead atoms. The van der Waals surface area contributed by atoms with E-state index < -0.39 is 17.8 Å². The fourth-order valence-corrected chi connectivity index (χ4v) is 2.53. The number of anilines is 1. The van der Waals surface area contributed by atoms with Crippen LogP contribution in [0.1, 0.15) is 10.4 Å². The van der Waals surface area contributed by atoms with Crippen molar-refractivity contribution in [2.45, 2.75) is 4.90 Å². The highest BCUT2D eigenvalue weighted by Crippen LogP contribution is 2.27. The molecule has 120 valence electrons. The molecule has 0 fully saturated rings. The van der Waals surface area contributed by atoms with E-state index in [0.29, 0.717) is 5.75 Å². The Hall–Kier alpha value is -2.67. The number of hydrogen-bond donors (Lipinski definition) is 3. The first-order valence-corrected chi connectivity index (χ1v) is 7.73. The Morgan fingerprint density at radius 1 is 1.09 bits per heavy atom. The number of carbonyl (C=O) groups excluding carboxylic acids is 1. The zero-order chi connectivity index (χ0) is 16.7. The summed E-state index contributed by atoms with van der Waals surface area (Å²) in [6, 6.07) is 13.7. The molecule has 3 N–H and O–H groups in total. The summed E-state index contributed by atoms with van der Waals surface area (Å²) in [5, 5.41) is 21.0. The van der Waals surface area contributed by atoms with Gasteiger partial charge in [0.2, 0.25) is 0 Å². The maximum Gasteiger partial charge on any atom is 0.411 e. The quantitative estimate of drug-likeness (QED) is 0.426. The molecule has 0 saturated carbocycles. The van der Waals surface area contributed by atoms with Gasteiger partial charge in [-0.05, 0) is 24.3 Å². The molecule has 0 spiro atoms. The molecule has 1 amide bonds. The summed E-state index contributed by atoms with van der Waals surface area (Å²) < 4.78 is 4.99. The van der Waals surface area contributed by atoms with Crippen LogP contribution in [0, 0.1) is 0 Å². The summed E-state index contributed by atoms with van der Waals surface area (Å²) in [6.07, 6.45) is -0.753. The van der Waals surface area contributed by atoms with Gasteiger partial charge in [-0.2, -0.15) is 0 Å². The van der Waals surface area contributed by atoms with Gasteiger partial charge in [0, 0.05) is 10.6 Å². The minimum atomic E-state index is -1.28. The molecule has 2 aromatic rings. The second kappa shape index (κ2) is 8.09. The van der Waals surface area contributed by atoms with Crippen molar-refractivity contribution >= 4 is 29.5 Å². The number of carboxylic acids is 1. The van der Waals surface area contributed by atoms with E-state index in [2.05, 4.69) is 5.32 Å². The number of nitrogens with one attached hydrogen (secondary N) is 1. The third-order valence-corrected chi connectivity index (χ3v) is 3.81. The molecule has 2 rings (SSSR count). The van der Waals surface area contributed by atoms with Crippen LogP contribution in [0.4, 0.5) is 10.5 Å². The first-order valence-electron chi connectivity index (χ1n) is 6.75. The molecule has 0 aromatic heterocycles. The third kappa shape index (κ3) is 4.93. The van der Waals surface area contributed by atoms with Crippen LogP contribution >= 0.6 is 11.8 Å². The van der Waals surface area contributed by atoms with Gasteiger partial charge in [0.05, 0.1) is 5.69 Å². The molecule has 0 unspecified atom stereocenters. The van der Waals surface area contributed by atoms with E-state index in [1.54, 1.807) is 11.8 Å². The molecule has 0 aliphatic carbocycles. The Morgan fingerprint density at radius 3 is 2.52 bits per heavy atom. The first-order chi connectivity index (χ1) is 11.1. The average Bonchev–Trinajstić information content (AvgIpc) is 2.54. The molecule has 0 heterocycles. The van der Waals surface area contributed by atoms with Crippen LogP contribution in [0.2, 0.25) is 0 Å². The van der Waals surface area contributed by atoms with E-state index >= 15 is 0 Å². The number of para-hydroxylation sites is 1. The molecule has 7 heteroatoms. The van der Waals surface area contributed by atoms with Crippen LogP contribution in [0.5, 0.6) is 5.75 Å². The fourth-order valence-electron chi connectivity index (χ4n) is 1.77. The zero-order valence-electron chi connectivity index (χ0n) is 12.1. The summed E-state index contributed by atoms with van der Waals surface area (Å²) in [5.41, 5.74) is -0.298.